The fourth-order valence-corrected chi connectivity index (χ4v) is 2.94. The molecule has 0 spiro atoms. The van der Waals surface area contributed by atoms with Crippen molar-refractivity contribution in [2.24, 2.45) is 0 Å². The molecule has 0 amide bonds. The molecule has 0 fully saturated rings. The summed E-state index contributed by atoms with van der Waals surface area (Å²) in [6.45, 7) is 0. The third-order valence-electron chi connectivity index (χ3n) is 3.67. The summed E-state index contributed by atoms with van der Waals surface area (Å²) in [7, 11) is 1.94. The molecule has 1 atom stereocenters. The average Bonchev–Trinajstić information content (AvgIpc) is 2.92. The lowest BCUT2D eigenvalue weighted by atomic mass is 9.98. The number of halogens is 2. The molecule has 3 aromatic rings. The number of rotatable bonds is 4. The van der Waals surface area contributed by atoms with Crippen molar-refractivity contribution in [1.82, 2.24) is 5.32 Å². The Hall–Kier alpha value is -1.48. The van der Waals surface area contributed by atoms with E-state index >= 15 is 0 Å². The van der Waals surface area contributed by atoms with Gasteiger partial charge >= 0.3 is 0 Å². The highest BCUT2D eigenvalue weighted by Crippen LogP contribution is 2.31. The van der Waals surface area contributed by atoms with E-state index in [9.17, 15) is 0 Å². The van der Waals surface area contributed by atoms with Crippen LogP contribution in [0, 0.1) is 0 Å². The lowest BCUT2D eigenvalue weighted by Gasteiger charge is -2.16. The minimum absolute atomic E-state index is 0.115. The van der Waals surface area contributed by atoms with Crippen LogP contribution in [0.2, 0.25) is 10.0 Å². The molecule has 0 aliphatic rings. The van der Waals surface area contributed by atoms with Gasteiger partial charge in [-0.3, -0.25) is 0 Å². The molecule has 0 bridgehead atoms. The van der Waals surface area contributed by atoms with E-state index in [2.05, 4.69) is 11.4 Å². The Labute approximate surface area is 133 Å². The molecule has 0 aliphatic carbocycles. The van der Waals surface area contributed by atoms with Crippen LogP contribution in [-0.2, 0) is 6.42 Å². The normalized spacial score (nSPS) is 12.7. The Kier molecular flexibility index (Phi) is 4.20. The maximum Gasteiger partial charge on any atom is 0.134 e. The Morgan fingerprint density at radius 2 is 1.95 bits per heavy atom. The first kappa shape index (κ1) is 14.5. The van der Waals surface area contributed by atoms with E-state index in [0.29, 0.717) is 5.02 Å². The number of benzene rings is 2. The van der Waals surface area contributed by atoms with E-state index in [4.69, 9.17) is 27.6 Å². The lowest BCUT2D eigenvalue weighted by molar-refractivity contribution is 0.563. The first-order valence-corrected chi connectivity index (χ1v) is 7.52. The van der Waals surface area contributed by atoms with Crippen LogP contribution in [0.15, 0.2) is 53.1 Å². The van der Waals surface area contributed by atoms with Crippen molar-refractivity contribution < 1.29 is 4.42 Å². The first-order chi connectivity index (χ1) is 10.2. The molecule has 0 aliphatic heterocycles. The zero-order valence-electron chi connectivity index (χ0n) is 11.6. The monoisotopic (exact) mass is 319 g/mol. The second-order valence-electron chi connectivity index (χ2n) is 4.97. The van der Waals surface area contributed by atoms with Gasteiger partial charge in [0.1, 0.15) is 5.58 Å². The van der Waals surface area contributed by atoms with Crippen LogP contribution >= 0.6 is 23.2 Å². The zero-order valence-corrected chi connectivity index (χ0v) is 13.1. The third-order valence-corrected chi connectivity index (χ3v) is 4.27. The van der Waals surface area contributed by atoms with E-state index in [0.717, 1.165) is 33.5 Å². The van der Waals surface area contributed by atoms with Crippen molar-refractivity contribution in [3.63, 3.8) is 0 Å². The van der Waals surface area contributed by atoms with Gasteiger partial charge in [-0.2, -0.15) is 0 Å². The summed E-state index contributed by atoms with van der Waals surface area (Å²) < 4.78 is 5.62. The van der Waals surface area contributed by atoms with E-state index in [1.165, 1.54) is 0 Å². The highest BCUT2D eigenvalue weighted by atomic mass is 35.5. The topological polar surface area (TPSA) is 25.2 Å². The van der Waals surface area contributed by atoms with Gasteiger partial charge < -0.3 is 9.73 Å². The summed E-state index contributed by atoms with van der Waals surface area (Å²) in [5.74, 6) is 0. The van der Waals surface area contributed by atoms with Crippen molar-refractivity contribution in [2.45, 2.75) is 12.5 Å². The van der Waals surface area contributed by atoms with E-state index in [1.807, 2.05) is 43.6 Å². The second-order valence-corrected chi connectivity index (χ2v) is 5.81. The number of para-hydroxylation sites is 1. The summed E-state index contributed by atoms with van der Waals surface area (Å²) in [4.78, 5) is 0. The van der Waals surface area contributed by atoms with E-state index in [-0.39, 0.29) is 6.04 Å². The fraction of sp³-hybridized carbons (Fsp3) is 0.176. The van der Waals surface area contributed by atoms with Gasteiger partial charge in [0, 0.05) is 27.0 Å². The van der Waals surface area contributed by atoms with Crippen LogP contribution in [-0.4, -0.2) is 7.05 Å². The molecule has 0 saturated carbocycles. The maximum atomic E-state index is 6.27. The van der Waals surface area contributed by atoms with Gasteiger partial charge in [0.2, 0.25) is 0 Å². The summed E-state index contributed by atoms with van der Waals surface area (Å²) in [5, 5.41) is 5.88. The molecule has 108 valence electrons. The molecule has 2 aromatic carbocycles. The zero-order chi connectivity index (χ0) is 14.8. The smallest absolute Gasteiger partial charge is 0.134 e. The minimum atomic E-state index is 0.115. The van der Waals surface area contributed by atoms with Crippen LogP contribution in [0.25, 0.3) is 11.0 Å². The van der Waals surface area contributed by atoms with Crippen molar-refractivity contribution in [2.75, 3.05) is 7.05 Å². The van der Waals surface area contributed by atoms with E-state index in [1.54, 1.807) is 6.07 Å². The second kappa shape index (κ2) is 6.10. The summed E-state index contributed by atoms with van der Waals surface area (Å²) in [6, 6.07) is 13.7. The summed E-state index contributed by atoms with van der Waals surface area (Å²) in [6.07, 6.45) is 2.56. The average molecular weight is 320 g/mol. The van der Waals surface area contributed by atoms with Crippen molar-refractivity contribution in [3.05, 3.63) is 69.9 Å². The molecule has 0 saturated heterocycles. The summed E-state index contributed by atoms with van der Waals surface area (Å²) >= 11 is 12.3. The fourth-order valence-electron chi connectivity index (χ4n) is 2.56. The predicted octanol–water partition coefficient (Wildman–Crippen LogP) is 5.24. The number of fused-ring (bicyclic) bond motifs is 1. The third kappa shape index (κ3) is 2.93. The molecule has 1 N–H and O–H groups in total. The van der Waals surface area contributed by atoms with Crippen LogP contribution in [0.5, 0.6) is 0 Å². The highest BCUT2D eigenvalue weighted by Gasteiger charge is 2.17. The number of hydrogen-bond acceptors (Lipinski definition) is 2. The number of likely N-dealkylation sites (N-methyl/N-ethyl adjacent to an activating group) is 1. The van der Waals surface area contributed by atoms with Gasteiger partial charge in [-0.25, -0.2) is 0 Å². The quantitative estimate of drug-likeness (QED) is 0.711. The minimum Gasteiger partial charge on any atom is -0.464 e. The maximum absolute atomic E-state index is 6.27. The molecule has 1 heterocycles. The van der Waals surface area contributed by atoms with Gasteiger partial charge in [0.05, 0.1) is 6.26 Å². The van der Waals surface area contributed by atoms with Crippen molar-refractivity contribution in [1.29, 1.82) is 0 Å². The van der Waals surface area contributed by atoms with Gasteiger partial charge in [0.25, 0.3) is 0 Å². The molecular formula is C17H15Cl2NO. The highest BCUT2D eigenvalue weighted by molar-refractivity contribution is 6.33. The van der Waals surface area contributed by atoms with Crippen molar-refractivity contribution >= 4 is 34.2 Å². The largest absolute Gasteiger partial charge is 0.464 e. The first-order valence-electron chi connectivity index (χ1n) is 6.76. The molecule has 1 unspecified atom stereocenters. The predicted molar refractivity (Wildman–Crippen MR) is 88.2 cm³/mol. The van der Waals surface area contributed by atoms with Crippen molar-refractivity contribution in [3.8, 4) is 0 Å². The van der Waals surface area contributed by atoms with Gasteiger partial charge in [0.15, 0.2) is 0 Å². The molecule has 2 nitrogen and oxygen atoms in total. The van der Waals surface area contributed by atoms with Crippen LogP contribution in [0.4, 0.5) is 0 Å². The number of hydrogen-bond donors (Lipinski definition) is 1. The Bertz CT molecular complexity index is 766. The molecular weight excluding hydrogens is 305 g/mol. The standard InChI is InChI=1S/C17H15Cl2NO/c1-20-16(9-11-8-12(18)6-7-15(11)19)14-10-21-17-5-3-2-4-13(14)17/h2-8,10,16,20H,9H2,1H3. The molecule has 4 heteroatoms. The van der Waals surface area contributed by atoms with Gasteiger partial charge in [-0.1, -0.05) is 41.4 Å². The molecule has 1 aromatic heterocycles. The summed E-state index contributed by atoms with van der Waals surface area (Å²) in [5.41, 5.74) is 3.04. The number of furan rings is 1. The van der Waals surface area contributed by atoms with Crippen LogP contribution in [0.3, 0.4) is 0 Å². The van der Waals surface area contributed by atoms with E-state index < -0.39 is 0 Å². The van der Waals surface area contributed by atoms with Gasteiger partial charge in [-0.15, -0.1) is 0 Å². The van der Waals surface area contributed by atoms with Crippen LogP contribution in [0.1, 0.15) is 17.2 Å². The Balaban J connectivity index is 1.97. The SMILES string of the molecule is CNC(Cc1cc(Cl)ccc1Cl)c1coc2ccccc12. The Morgan fingerprint density at radius 1 is 1.14 bits per heavy atom. The molecule has 0 radical (unpaired) electrons. The Morgan fingerprint density at radius 3 is 2.76 bits per heavy atom. The molecule has 3 rings (SSSR count). The molecule has 21 heavy (non-hydrogen) atoms. The number of nitrogens with one attached hydrogen (secondary N) is 1. The van der Waals surface area contributed by atoms with Gasteiger partial charge in [-0.05, 0) is 43.3 Å². The van der Waals surface area contributed by atoms with Crippen LogP contribution < -0.4 is 5.32 Å². The lowest BCUT2D eigenvalue weighted by Crippen LogP contribution is -2.18.